The Hall–Kier alpha value is -2.99. The normalized spacial score (nSPS) is 16.9. The molecule has 3 rings (SSSR count). The highest BCUT2D eigenvalue weighted by atomic mass is 16.1. The molecule has 7 N–H and O–H groups in total. The second-order valence-electron chi connectivity index (χ2n) is 9.80. The summed E-state index contributed by atoms with van der Waals surface area (Å²) in [4.78, 5) is 11.8. The summed E-state index contributed by atoms with van der Waals surface area (Å²) in [5, 5.41) is 3.31. The molecule has 1 spiro atoms. The van der Waals surface area contributed by atoms with Crippen LogP contribution in [-0.4, -0.2) is 33.1 Å². The van der Waals surface area contributed by atoms with Crippen LogP contribution in [0, 0.1) is 5.41 Å². The van der Waals surface area contributed by atoms with Crippen LogP contribution in [0.1, 0.15) is 89.1 Å². The summed E-state index contributed by atoms with van der Waals surface area (Å²) in [5.41, 5.74) is 23.5. The third kappa shape index (κ3) is 9.58. The van der Waals surface area contributed by atoms with Crippen molar-refractivity contribution in [3.63, 3.8) is 0 Å². The number of nitrogens with two attached hydrogens (primary N) is 3. The van der Waals surface area contributed by atoms with Crippen LogP contribution in [0.2, 0.25) is 0 Å². The predicted molar refractivity (Wildman–Crippen MR) is 177 cm³/mol. The van der Waals surface area contributed by atoms with Gasteiger partial charge in [0.05, 0.1) is 0 Å². The first-order valence-electron chi connectivity index (χ1n) is 14.6. The van der Waals surface area contributed by atoms with E-state index in [2.05, 4.69) is 75.0 Å². The molecule has 1 unspecified atom stereocenters. The summed E-state index contributed by atoms with van der Waals surface area (Å²) < 4.78 is 0. The van der Waals surface area contributed by atoms with Crippen molar-refractivity contribution in [2.24, 2.45) is 22.6 Å². The molecule has 1 saturated carbocycles. The molecule has 5 heteroatoms. The maximum atomic E-state index is 11.8. The van der Waals surface area contributed by atoms with E-state index in [-0.39, 0.29) is 6.04 Å². The Labute approximate surface area is 245 Å². The maximum Gasteiger partial charge on any atom is 0.248 e. The molecule has 0 heterocycles. The number of rotatable bonds is 9. The monoisotopic (exact) mass is 548 g/mol. The van der Waals surface area contributed by atoms with Crippen molar-refractivity contribution in [2.45, 2.75) is 79.2 Å². The van der Waals surface area contributed by atoms with E-state index in [9.17, 15) is 4.79 Å². The molecule has 1 fully saturated rings. The number of allylic oxidation sites excluding steroid dienone is 8. The van der Waals surface area contributed by atoms with Gasteiger partial charge < -0.3 is 22.5 Å². The molecule has 222 valence electrons. The van der Waals surface area contributed by atoms with Crippen molar-refractivity contribution in [3.8, 4) is 0 Å². The number of nitrogens with one attached hydrogen (secondary N) is 1. The molecule has 1 aromatic carbocycles. The van der Waals surface area contributed by atoms with Gasteiger partial charge in [-0.15, -0.1) is 0 Å². The van der Waals surface area contributed by atoms with Crippen LogP contribution in [0.25, 0.3) is 5.57 Å². The van der Waals surface area contributed by atoms with Crippen molar-refractivity contribution in [1.29, 1.82) is 0 Å². The van der Waals surface area contributed by atoms with E-state index >= 15 is 0 Å². The average molecular weight is 549 g/mol. The number of carbonyl (C=O) groups is 1. The van der Waals surface area contributed by atoms with E-state index < -0.39 is 5.91 Å². The molecule has 1 aromatic rings. The summed E-state index contributed by atoms with van der Waals surface area (Å²) in [6.45, 7) is 19.3. The second kappa shape index (κ2) is 19.1. The van der Waals surface area contributed by atoms with Crippen LogP contribution < -0.4 is 22.5 Å². The highest BCUT2D eigenvalue weighted by Crippen LogP contribution is 2.57. The Balaban J connectivity index is 0.00000237. The van der Waals surface area contributed by atoms with Gasteiger partial charge in [-0.1, -0.05) is 76.3 Å². The fourth-order valence-corrected chi connectivity index (χ4v) is 5.58. The van der Waals surface area contributed by atoms with E-state index in [1.165, 1.54) is 62.1 Å². The summed E-state index contributed by atoms with van der Waals surface area (Å²) in [5.74, 6) is -0.411. The lowest BCUT2D eigenvalue weighted by atomic mass is 9.80. The van der Waals surface area contributed by atoms with Gasteiger partial charge >= 0.3 is 0 Å². The van der Waals surface area contributed by atoms with Gasteiger partial charge in [0.15, 0.2) is 0 Å². The number of hydrogen-bond donors (Lipinski definition) is 4. The van der Waals surface area contributed by atoms with Gasteiger partial charge in [-0.2, -0.15) is 0 Å². The molecular weight excluding hydrogens is 492 g/mol. The second-order valence-corrected chi connectivity index (χ2v) is 9.80. The summed E-state index contributed by atoms with van der Waals surface area (Å²) in [6, 6.07) is 7.83. The van der Waals surface area contributed by atoms with E-state index in [0.29, 0.717) is 11.0 Å². The molecule has 2 aliphatic carbocycles. The van der Waals surface area contributed by atoms with Gasteiger partial charge in [0, 0.05) is 11.6 Å². The molecule has 0 aromatic heterocycles. The Bertz CT molecular complexity index is 1100. The molecule has 0 bridgehead atoms. The lowest BCUT2D eigenvalue weighted by Gasteiger charge is -2.24. The van der Waals surface area contributed by atoms with Crippen molar-refractivity contribution >= 4 is 11.5 Å². The highest BCUT2D eigenvalue weighted by Gasteiger charge is 2.42. The van der Waals surface area contributed by atoms with Crippen LogP contribution in [0.4, 0.5) is 0 Å². The highest BCUT2D eigenvalue weighted by molar-refractivity contribution is 5.94. The molecule has 1 atom stereocenters. The van der Waals surface area contributed by atoms with Crippen LogP contribution in [0.3, 0.4) is 0 Å². The lowest BCUT2D eigenvalue weighted by molar-refractivity contribution is 0.1000. The molecular formula is C35H56N4O. The SMILES string of the molecule is C=C(/C=C\C(=C/C)C(C)NC)/C(=C/C)C1=C(C(=C)c2cccc(C(N)=O)c2)CC2(CCCC2)C1.CC.CN.CN. The Morgan fingerprint density at radius 1 is 0.950 bits per heavy atom. The summed E-state index contributed by atoms with van der Waals surface area (Å²) >= 11 is 0. The van der Waals surface area contributed by atoms with E-state index in [0.717, 1.165) is 29.6 Å². The molecule has 0 saturated heterocycles. The zero-order valence-electron chi connectivity index (χ0n) is 26.5. The van der Waals surface area contributed by atoms with Crippen molar-refractivity contribution < 1.29 is 4.79 Å². The Morgan fingerprint density at radius 2 is 1.50 bits per heavy atom. The summed E-state index contributed by atoms with van der Waals surface area (Å²) in [7, 11) is 4.98. The predicted octanol–water partition coefficient (Wildman–Crippen LogP) is 7.24. The minimum Gasteiger partial charge on any atom is -0.366 e. The average Bonchev–Trinajstić information content (AvgIpc) is 3.62. The van der Waals surface area contributed by atoms with Crippen LogP contribution >= 0.6 is 0 Å². The first-order valence-corrected chi connectivity index (χ1v) is 14.6. The quantitative estimate of drug-likeness (QED) is 0.244. The van der Waals surface area contributed by atoms with Gasteiger partial charge in [-0.25, -0.2) is 0 Å². The number of hydrogen-bond acceptors (Lipinski definition) is 4. The lowest BCUT2D eigenvalue weighted by Crippen LogP contribution is -2.22. The summed E-state index contributed by atoms with van der Waals surface area (Å²) in [6.07, 6.45) is 15.8. The zero-order valence-corrected chi connectivity index (χ0v) is 26.5. The number of amides is 1. The molecule has 5 nitrogen and oxygen atoms in total. The molecule has 2 aliphatic rings. The van der Waals surface area contributed by atoms with E-state index in [1.54, 1.807) is 6.07 Å². The Kier molecular flexibility index (Phi) is 17.7. The fourth-order valence-electron chi connectivity index (χ4n) is 5.58. The van der Waals surface area contributed by atoms with E-state index in [1.807, 2.05) is 39.1 Å². The van der Waals surface area contributed by atoms with Crippen LogP contribution in [-0.2, 0) is 0 Å². The first kappa shape index (κ1) is 37.0. The van der Waals surface area contributed by atoms with Crippen molar-refractivity contribution in [2.75, 3.05) is 21.1 Å². The Morgan fingerprint density at radius 3 is 2.00 bits per heavy atom. The fraction of sp³-hybridized carbons (Fsp3) is 0.457. The third-order valence-corrected chi connectivity index (χ3v) is 7.69. The van der Waals surface area contributed by atoms with Crippen molar-refractivity contribution in [1.82, 2.24) is 5.32 Å². The first-order chi connectivity index (χ1) is 19.2. The molecule has 1 amide bonds. The van der Waals surface area contributed by atoms with Crippen molar-refractivity contribution in [3.05, 3.63) is 101 Å². The number of benzene rings is 1. The number of carbonyl (C=O) groups excluding carboxylic acids is 1. The minimum atomic E-state index is -0.411. The van der Waals surface area contributed by atoms with Gasteiger partial charge in [-0.05, 0) is 124 Å². The zero-order chi connectivity index (χ0) is 30.9. The smallest absolute Gasteiger partial charge is 0.248 e. The molecule has 40 heavy (non-hydrogen) atoms. The number of primary amides is 1. The van der Waals surface area contributed by atoms with Crippen LogP contribution in [0.5, 0.6) is 0 Å². The van der Waals surface area contributed by atoms with Gasteiger partial charge in [-0.3, -0.25) is 4.79 Å². The van der Waals surface area contributed by atoms with Gasteiger partial charge in [0.2, 0.25) is 5.91 Å². The minimum absolute atomic E-state index is 0.281. The maximum absolute atomic E-state index is 11.8. The molecule has 0 radical (unpaired) electrons. The standard InChI is InChI=1S/C31H40N2O.C2H6.2CH5N/c1-7-24(23(5)33-6)15-14-21(3)27(8-2)29-20-31(16-9-10-17-31)19-28(29)22(4)25-12-11-13-26(18-25)30(32)34;3*1-2/h7-8,11-15,18,23,33H,3-4,9-10,16-17,19-20H2,1-2,5-6H3,(H2,32,34);1-2H3;2*2H2,1H3/b15-14-,24-7+,27-8-;;;. The third-order valence-electron chi connectivity index (χ3n) is 7.69. The van der Waals surface area contributed by atoms with Gasteiger partial charge in [0.25, 0.3) is 0 Å². The van der Waals surface area contributed by atoms with Crippen LogP contribution in [0.15, 0.2) is 89.6 Å². The topological polar surface area (TPSA) is 107 Å². The van der Waals surface area contributed by atoms with E-state index in [4.69, 9.17) is 5.73 Å². The largest absolute Gasteiger partial charge is 0.366 e. The molecule has 0 aliphatic heterocycles. The van der Waals surface area contributed by atoms with Gasteiger partial charge in [0.1, 0.15) is 0 Å². The number of likely N-dealkylation sites (N-methyl/N-ethyl adjacent to an activating group) is 1.